The number of amides is 3. The van der Waals surface area contributed by atoms with E-state index in [2.05, 4.69) is 40.7 Å². The van der Waals surface area contributed by atoms with E-state index in [1.165, 1.54) is 4.90 Å². The number of nitrogens with zero attached hydrogens (tertiary/aromatic N) is 9. The third-order valence-corrected chi connectivity index (χ3v) is 18.4. The Balaban J connectivity index is 0.710. The Kier molecular flexibility index (Phi) is 15.0. The molecule has 416 valence electrons. The number of nitrogens with two attached hydrogens (primary N) is 1. The second kappa shape index (κ2) is 21.7. The molecule has 3 amide bonds. The number of anilines is 1. The van der Waals surface area contributed by atoms with E-state index in [0.29, 0.717) is 47.7 Å². The van der Waals surface area contributed by atoms with Gasteiger partial charge in [0.05, 0.1) is 64.6 Å². The number of amidine groups is 2. The van der Waals surface area contributed by atoms with Gasteiger partial charge in [-0.25, -0.2) is 24.3 Å². The Labute approximate surface area is 463 Å². The molecule has 0 radical (unpaired) electrons. The number of aliphatic hydroxyl groups excluding tert-OH is 1. The molecular formula is C56H71ClFN13O6S. The maximum Gasteiger partial charge on any atom is 0.314 e. The number of carbonyl (C=O) groups is 3. The van der Waals surface area contributed by atoms with Crippen LogP contribution in [0, 0.1) is 18.3 Å². The molecule has 3 aromatic heterocycles. The summed E-state index contributed by atoms with van der Waals surface area (Å²) in [6.07, 6.45) is 10.3. The topological polar surface area (TPSA) is 230 Å². The van der Waals surface area contributed by atoms with Crippen LogP contribution in [-0.2, 0) is 30.9 Å². The lowest BCUT2D eigenvalue weighted by Crippen LogP contribution is -2.58. The molecule has 1 aliphatic carbocycles. The fourth-order valence-electron chi connectivity index (χ4n) is 13.0. The van der Waals surface area contributed by atoms with Gasteiger partial charge in [-0.3, -0.25) is 19.3 Å². The summed E-state index contributed by atoms with van der Waals surface area (Å²) in [6, 6.07) is 5.64. The van der Waals surface area contributed by atoms with Gasteiger partial charge in [0.2, 0.25) is 23.7 Å². The number of aryl methyl sites for hydroxylation is 2. The zero-order chi connectivity index (χ0) is 54.8. The molecule has 22 heteroatoms. The monoisotopic (exact) mass is 1110 g/mol. The molecule has 1 aromatic carbocycles. The summed E-state index contributed by atoms with van der Waals surface area (Å²) in [5, 5.41) is 20.8. The molecule has 5 unspecified atom stereocenters. The summed E-state index contributed by atoms with van der Waals surface area (Å²) < 4.78 is 32.1. The second-order valence-electron chi connectivity index (χ2n) is 23.5. The van der Waals surface area contributed by atoms with Crippen LogP contribution in [0.15, 0.2) is 69.1 Å². The number of fused-ring (bicyclic) bond motifs is 5. The lowest BCUT2D eigenvalue weighted by atomic mass is 9.85. The number of allylic oxidation sites excluding steroid dienone is 2. The highest BCUT2D eigenvalue weighted by Crippen LogP contribution is 2.46. The van der Waals surface area contributed by atoms with Crippen LogP contribution in [0.2, 0.25) is 0 Å². The van der Waals surface area contributed by atoms with Gasteiger partial charge in [-0.2, -0.15) is 4.99 Å². The normalized spacial score (nSPS) is 27.8. The van der Waals surface area contributed by atoms with Crippen LogP contribution in [0.3, 0.4) is 0 Å². The summed E-state index contributed by atoms with van der Waals surface area (Å²) >= 11 is 8.62. The minimum Gasteiger partial charge on any atom is -0.462 e. The highest BCUT2D eigenvalue weighted by Gasteiger charge is 2.51. The number of benzene rings is 1. The molecule has 78 heavy (non-hydrogen) atoms. The first kappa shape index (κ1) is 54.1. The summed E-state index contributed by atoms with van der Waals surface area (Å²) in [4.78, 5) is 72.0. The zero-order valence-corrected chi connectivity index (χ0v) is 46.7. The third-order valence-electron chi connectivity index (χ3n) is 17.1. The minimum atomic E-state index is -0.959. The largest absolute Gasteiger partial charge is 0.462 e. The van der Waals surface area contributed by atoms with Gasteiger partial charge < -0.3 is 50.6 Å². The number of thiazole rings is 1. The van der Waals surface area contributed by atoms with E-state index in [1.807, 2.05) is 82.1 Å². The van der Waals surface area contributed by atoms with E-state index in [0.717, 1.165) is 79.9 Å². The van der Waals surface area contributed by atoms with Gasteiger partial charge in [0, 0.05) is 80.0 Å². The van der Waals surface area contributed by atoms with Gasteiger partial charge in [0.25, 0.3) is 0 Å². The number of aliphatic imine (C=N–C) groups is 2. The Morgan fingerprint density at radius 2 is 1.85 bits per heavy atom. The number of piperazine rings is 1. The first-order valence-corrected chi connectivity index (χ1v) is 28.7. The average Bonchev–Trinajstić information content (AvgIpc) is 4.41. The molecule has 6 aliphatic heterocycles. The maximum absolute atomic E-state index is 17.4. The van der Waals surface area contributed by atoms with Crippen LogP contribution in [-0.4, -0.2) is 163 Å². The summed E-state index contributed by atoms with van der Waals surface area (Å²) in [6.45, 7) is 12.6. The molecule has 10 atom stereocenters. The van der Waals surface area contributed by atoms with Crippen molar-refractivity contribution >= 4 is 75.1 Å². The number of hydrogen-bond acceptors (Lipinski definition) is 16. The number of aliphatic hydroxyl groups is 1. The molecule has 6 N–H and O–H groups in total. The molecule has 0 saturated carbocycles. The molecule has 0 spiro atoms. The van der Waals surface area contributed by atoms with Crippen molar-refractivity contribution in [2.45, 2.75) is 140 Å². The fourth-order valence-corrected chi connectivity index (χ4v) is 14.1. The first-order chi connectivity index (χ1) is 37.3. The van der Waals surface area contributed by atoms with Crippen molar-refractivity contribution in [3.8, 4) is 10.4 Å². The molecule has 11 rings (SSSR count). The summed E-state index contributed by atoms with van der Waals surface area (Å²) in [5.74, 6) is -1.38. The summed E-state index contributed by atoms with van der Waals surface area (Å²) in [5.41, 5.74) is 11.7. The highest BCUT2D eigenvalue weighted by atomic mass is 35.5. The predicted molar refractivity (Wildman–Crippen MR) is 298 cm³/mol. The van der Waals surface area contributed by atoms with Crippen molar-refractivity contribution in [2.24, 2.45) is 28.4 Å². The number of rotatable bonds is 14. The number of nitrogens with one attached hydrogen (secondary N) is 3. The van der Waals surface area contributed by atoms with Crippen LogP contribution in [0.25, 0.3) is 27.0 Å². The van der Waals surface area contributed by atoms with Crippen LogP contribution < -0.4 is 21.7 Å². The molecule has 9 heterocycles. The van der Waals surface area contributed by atoms with E-state index >= 15 is 4.39 Å². The Morgan fingerprint density at radius 3 is 2.58 bits per heavy atom. The molecule has 4 aromatic rings. The fraction of sp³-hybridized carbons (Fsp3) is 0.571. The zero-order valence-electron chi connectivity index (χ0n) is 45.2. The van der Waals surface area contributed by atoms with Crippen LogP contribution >= 0.6 is 22.9 Å². The summed E-state index contributed by atoms with van der Waals surface area (Å²) in [7, 11) is 1.84. The minimum absolute atomic E-state index is 0.0198. The number of nitrogen functional groups attached to an aromatic ring is 1. The van der Waals surface area contributed by atoms with Gasteiger partial charge in [0.1, 0.15) is 41.9 Å². The number of aromatic nitrogens is 4. The van der Waals surface area contributed by atoms with Crippen molar-refractivity contribution in [3.05, 3.63) is 75.9 Å². The van der Waals surface area contributed by atoms with E-state index in [4.69, 9.17) is 36.8 Å². The molecule has 5 saturated heterocycles. The van der Waals surface area contributed by atoms with Crippen LogP contribution in [0.4, 0.5) is 10.3 Å². The van der Waals surface area contributed by atoms with Gasteiger partial charge >= 0.3 is 6.02 Å². The number of hydrogen-bond donors (Lipinski definition) is 5. The molecule has 5 fully saturated rings. The lowest BCUT2D eigenvalue weighted by molar-refractivity contribution is -0.144. The Hall–Kier alpha value is -5.84. The van der Waals surface area contributed by atoms with Crippen molar-refractivity contribution in [1.29, 1.82) is 0 Å². The third kappa shape index (κ3) is 10.6. The number of β-amino-alcohol motifs (C(OH)–C–C–N with tert-alkyl or cyclic N) is 1. The Morgan fingerprint density at radius 1 is 1.08 bits per heavy atom. The second-order valence-corrected chi connectivity index (χ2v) is 24.7. The molecule has 2 bridgehead atoms. The van der Waals surface area contributed by atoms with E-state index in [-0.39, 0.29) is 78.0 Å². The van der Waals surface area contributed by atoms with Gasteiger partial charge in [-0.05, 0) is 75.5 Å². The number of halogens is 2. The number of carbonyl (C=O) groups excluding carboxylic acids is 3. The number of likely N-dealkylation sites (tertiary alicyclic amines) is 2. The maximum atomic E-state index is 17.4. The predicted octanol–water partition coefficient (Wildman–Crippen LogP) is 5.78. The van der Waals surface area contributed by atoms with Crippen molar-refractivity contribution < 1.29 is 33.4 Å². The van der Waals surface area contributed by atoms with E-state index in [9.17, 15) is 19.5 Å². The smallest absolute Gasteiger partial charge is 0.314 e. The SMILES string of the molecule is Cc1ncsc1-c1ccc([C@H](C)NC(=O)[C@@H]2C[C@@H](O)CN2C(=O)[C@@H](NC(=O)CCOC[C@H]2CCC3(COC4=NC5C(F)=C(c6cn(C)c7cnc(N)nc67)C(Cl)=CC5C(N5CC6CCC(C5)N6)=N4)CCCN23)C(C)(C)C)cc1. The molecule has 7 aliphatic rings. The molecular weight excluding hydrogens is 1040 g/mol. The highest BCUT2D eigenvalue weighted by molar-refractivity contribution is 7.13. The Bertz CT molecular complexity index is 3090. The van der Waals surface area contributed by atoms with E-state index < -0.39 is 47.3 Å². The van der Waals surface area contributed by atoms with Gasteiger partial charge in [0.15, 0.2) is 0 Å². The average molecular weight is 1110 g/mol. The van der Waals surface area contributed by atoms with Crippen LogP contribution in [0.1, 0.15) is 102 Å². The van der Waals surface area contributed by atoms with Crippen molar-refractivity contribution in [3.63, 3.8) is 0 Å². The molecule has 19 nitrogen and oxygen atoms in total. The standard InChI is InChI=1S/C56H71ClFN13O6S/c1-30(32-8-10-33(11-9-32)48-31(2)61-29-78-48)62-51(74)41-20-37(72)25-70(41)52(75)49(55(3,4)5)64-43(73)15-19-76-27-36-14-17-56(16-7-18-71(36)56)28-77-54-66-47-38(50(67-54)69-23-34-12-13-35(24-69)63-34)21-40(57)44(45(47)58)39-26-68(6)42-22-60-53(59)65-46(39)42/h8-11,21-22,26,29-30,34-38,41,47,49,63,72H,7,12-20,23-25,27-28H2,1-6H3,(H,62,74)(H,64,73)(H2,59,60,65)/t30-,34?,35?,36+,37+,38?,41-,47?,49+,56?/m0/s1. The quantitative estimate of drug-likeness (QED) is 0.0945. The van der Waals surface area contributed by atoms with Gasteiger partial charge in [-0.15, -0.1) is 11.3 Å². The van der Waals surface area contributed by atoms with Crippen molar-refractivity contribution in [2.75, 3.05) is 51.7 Å². The number of ether oxygens (including phenoxy) is 2. The van der Waals surface area contributed by atoms with Gasteiger partial charge in [-0.1, -0.05) is 62.7 Å². The van der Waals surface area contributed by atoms with Crippen molar-refractivity contribution in [1.82, 2.24) is 50.2 Å². The first-order valence-electron chi connectivity index (χ1n) is 27.4. The van der Waals surface area contributed by atoms with E-state index in [1.54, 1.807) is 23.7 Å². The lowest BCUT2D eigenvalue weighted by Gasteiger charge is -2.41. The van der Waals surface area contributed by atoms with Crippen LogP contribution in [0.5, 0.6) is 0 Å².